The van der Waals surface area contributed by atoms with E-state index in [1.165, 1.54) is 25.7 Å². The summed E-state index contributed by atoms with van der Waals surface area (Å²) in [5, 5.41) is 29.9. The van der Waals surface area contributed by atoms with Gasteiger partial charge in [0.05, 0.1) is 12.2 Å². The molecule has 0 spiro atoms. The molecule has 25 heavy (non-hydrogen) atoms. The van der Waals surface area contributed by atoms with Crippen molar-refractivity contribution in [2.45, 2.75) is 82.8 Å². The molecule has 9 unspecified atom stereocenters. The van der Waals surface area contributed by atoms with Gasteiger partial charge in [-0.15, -0.1) is 0 Å². The highest BCUT2D eigenvalue weighted by atomic mass is 16.4. The minimum Gasteiger partial charge on any atom is -0.481 e. The van der Waals surface area contributed by atoms with Gasteiger partial charge >= 0.3 is 5.97 Å². The van der Waals surface area contributed by atoms with Gasteiger partial charge in [0.2, 0.25) is 0 Å². The zero-order chi connectivity index (χ0) is 17.6. The second-order valence-electron chi connectivity index (χ2n) is 9.46. The second-order valence-corrected chi connectivity index (χ2v) is 9.46. The average Bonchev–Trinajstić information content (AvgIpc) is 2.99. The zero-order valence-electron chi connectivity index (χ0n) is 15.2. The van der Waals surface area contributed by atoms with E-state index in [0.717, 1.165) is 50.4 Å². The molecule has 4 aliphatic carbocycles. The Morgan fingerprint density at radius 3 is 2.40 bits per heavy atom. The van der Waals surface area contributed by atoms with Crippen molar-refractivity contribution in [1.29, 1.82) is 0 Å². The fourth-order valence-electron chi connectivity index (χ4n) is 7.51. The first-order valence-electron chi connectivity index (χ1n) is 10.6. The predicted molar refractivity (Wildman–Crippen MR) is 94.9 cm³/mol. The van der Waals surface area contributed by atoms with Crippen LogP contribution < -0.4 is 0 Å². The highest BCUT2D eigenvalue weighted by molar-refractivity contribution is 5.66. The van der Waals surface area contributed by atoms with E-state index in [4.69, 9.17) is 5.11 Å². The lowest BCUT2D eigenvalue weighted by Gasteiger charge is -2.54. The van der Waals surface area contributed by atoms with Crippen LogP contribution in [0.2, 0.25) is 0 Å². The molecular weight excluding hydrogens is 316 g/mol. The molecule has 4 saturated carbocycles. The lowest BCUT2D eigenvalue weighted by molar-refractivity contribution is -0.137. The van der Waals surface area contributed by atoms with Crippen LogP contribution in [-0.2, 0) is 4.79 Å². The first kappa shape index (κ1) is 17.8. The van der Waals surface area contributed by atoms with Gasteiger partial charge in [-0.2, -0.15) is 0 Å². The van der Waals surface area contributed by atoms with Crippen LogP contribution in [0.3, 0.4) is 0 Å². The van der Waals surface area contributed by atoms with E-state index in [1.54, 1.807) is 0 Å². The van der Waals surface area contributed by atoms with Gasteiger partial charge in [0.15, 0.2) is 0 Å². The normalized spacial score (nSPS) is 49.1. The third kappa shape index (κ3) is 3.37. The van der Waals surface area contributed by atoms with Gasteiger partial charge in [0, 0.05) is 6.42 Å². The van der Waals surface area contributed by atoms with Gasteiger partial charge in [0.25, 0.3) is 0 Å². The van der Waals surface area contributed by atoms with Crippen molar-refractivity contribution < 1.29 is 20.1 Å². The van der Waals surface area contributed by atoms with Crippen molar-refractivity contribution in [3.63, 3.8) is 0 Å². The Labute approximate surface area is 151 Å². The summed E-state index contributed by atoms with van der Waals surface area (Å²) < 4.78 is 0. The highest BCUT2D eigenvalue weighted by Crippen LogP contribution is 2.59. The third-order valence-corrected chi connectivity index (χ3v) is 8.37. The summed E-state index contributed by atoms with van der Waals surface area (Å²) in [6.07, 6.45) is 10.7. The van der Waals surface area contributed by atoms with Crippen molar-refractivity contribution in [1.82, 2.24) is 0 Å². The molecule has 0 saturated heterocycles. The van der Waals surface area contributed by atoms with Crippen LogP contribution in [0.4, 0.5) is 0 Å². The number of hydrogen-bond donors (Lipinski definition) is 3. The quantitative estimate of drug-likeness (QED) is 0.726. The van der Waals surface area contributed by atoms with Gasteiger partial charge in [-0.3, -0.25) is 4.79 Å². The summed E-state index contributed by atoms with van der Waals surface area (Å²) in [7, 11) is 0. The number of aliphatic carboxylic acids is 1. The van der Waals surface area contributed by atoms with Gasteiger partial charge in [0.1, 0.15) is 0 Å². The van der Waals surface area contributed by atoms with E-state index in [1.807, 2.05) is 0 Å². The Balaban J connectivity index is 1.43. The van der Waals surface area contributed by atoms with E-state index in [-0.39, 0.29) is 18.6 Å². The SMILES string of the molecule is O=C(O)CCCC1CCC2C3CCC4CC(O)CCC4C3CC(O)C12. The van der Waals surface area contributed by atoms with E-state index in [9.17, 15) is 15.0 Å². The second kappa shape index (κ2) is 7.19. The minimum atomic E-state index is -0.698. The molecule has 9 atom stereocenters. The van der Waals surface area contributed by atoms with Gasteiger partial charge in [-0.25, -0.2) is 0 Å². The topological polar surface area (TPSA) is 77.8 Å². The number of carbonyl (C=O) groups is 1. The molecule has 4 aliphatic rings. The number of carboxylic acid groups (broad SMARTS) is 1. The Hall–Kier alpha value is -0.610. The molecule has 3 N–H and O–H groups in total. The molecule has 4 heteroatoms. The zero-order valence-corrected chi connectivity index (χ0v) is 15.2. The minimum absolute atomic E-state index is 0.0934. The van der Waals surface area contributed by atoms with Crippen molar-refractivity contribution in [2.24, 2.45) is 41.4 Å². The highest BCUT2D eigenvalue weighted by Gasteiger charge is 2.54. The van der Waals surface area contributed by atoms with Crippen molar-refractivity contribution in [2.75, 3.05) is 0 Å². The molecule has 4 rings (SSSR count). The number of rotatable bonds is 4. The maximum absolute atomic E-state index is 11.0. The molecule has 142 valence electrons. The van der Waals surface area contributed by atoms with Crippen molar-refractivity contribution in [3.05, 3.63) is 0 Å². The first-order valence-corrected chi connectivity index (χ1v) is 10.6. The summed E-state index contributed by atoms with van der Waals surface area (Å²) in [6.45, 7) is 0. The average molecular weight is 350 g/mol. The van der Waals surface area contributed by atoms with Crippen LogP contribution in [0.5, 0.6) is 0 Å². The number of aliphatic hydroxyl groups is 2. The van der Waals surface area contributed by atoms with Crippen LogP contribution in [-0.4, -0.2) is 33.5 Å². The largest absolute Gasteiger partial charge is 0.481 e. The first-order chi connectivity index (χ1) is 12.0. The maximum Gasteiger partial charge on any atom is 0.303 e. The predicted octanol–water partition coefficient (Wildman–Crippen LogP) is 3.45. The third-order valence-electron chi connectivity index (χ3n) is 8.37. The lowest BCUT2D eigenvalue weighted by atomic mass is 9.52. The van der Waals surface area contributed by atoms with E-state index >= 15 is 0 Å². The summed E-state index contributed by atoms with van der Waals surface area (Å²) in [4.78, 5) is 10.8. The van der Waals surface area contributed by atoms with Crippen molar-refractivity contribution in [3.8, 4) is 0 Å². The molecule has 0 amide bonds. The molecule has 4 nitrogen and oxygen atoms in total. The fourth-order valence-corrected chi connectivity index (χ4v) is 7.51. The molecule has 0 aliphatic heterocycles. The van der Waals surface area contributed by atoms with Crippen LogP contribution in [0, 0.1) is 41.4 Å². The number of hydrogen-bond acceptors (Lipinski definition) is 3. The molecule has 0 aromatic carbocycles. The molecule has 4 fully saturated rings. The van der Waals surface area contributed by atoms with Crippen LogP contribution in [0.25, 0.3) is 0 Å². The summed E-state index contributed by atoms with van der Waals surface area (Å²) in [5.74, 6) is 3.76. The van der Waals surface area contributed by atoms with Crippen molar-refractivity contribution >= 4 is 5.97 Å². The van der Waals surface area contributed by atoms with E-state index < -0.39 is 5.97 Å². The molecule has 0 heterocycles. The van der Waals surface area contributed by atoms with E-state index in [2.05, 4.69) is 0 Å². The summed E-state index contributed by atoms with van der Waals surface area (Å²) in [5.41, 5.74) is 0. The van der Waals surface area contributed by atoms with Gasteiger partial charge in [-0.05, 0) is 106 Å². The van der Waals surface area contributed by atoms with Gasteiger partial charge < -0.3 is 15.3 Å². The van der Waals surface area contributed by atoms with Crippen LogP contribution in [0.1, 0.15) is 70.6 Å². The Bertz CT molecular complexity index is 492. The molecule has 0 radical (unpaired) electrons. The van der Waals surface area contributed by atoms with Crippen LogP contribution in [0.15, 0.2) is 0 Å². The molecular formula is C21H34O4. The molecule has 0 bridgehead atoms. The molecule has 0 aromatic rings. The summed E-state index contributed by atoms with van der Waals surface area (Å²) >= 11 is 0. The smallest absolute Gasteiger partial charge is 0.303 e. The number of aliphatic hydroxyl groups excluding tert-OH is 2. The Morgan fingerprint density at radius 1 is 0.840 bits per heavy atom. The van der Waals surface area contributed by atoms with E-state index in [0.29, 0.717) is 29.6 Å². The Kier molecular flexibility index (Phi) is 5.11. The van der Waals surface area contributed by atoms with Gasteiger partial charge in [-0.1, -0.05) is 0 Å². The standard InChI is InChI=1S/C21H34O4/c22-14-6-9-15-13(10-14)5-7-16-17-8-4-12(2-1-3-20(24)25)21(17)19(23)11-18(15)16/h12-19,21-23H,1-11H2,(H,24,25). The van der Waals surface area contributed by atoms with Crippen LogP contribution >= 0.6 is 0 Å². The number of fused-ring (bicyclic) bond motifs is 5. The monoisotopic (exact) mass is 350 g/mol. The maximum atomic E-state index is 11.0. The number of carboxylic acids is 1. The molecule has 0 aromatic heterocycles. The fraction of sp³-hybridized carbons (Fsp3) is 0.952. The Morgan fingerprint density at radius 2 is 1.60 bits per heavy atom. The summed E-state index contributed by atoms with van der Waals surface area (Å²) in [6, 6.07) is 0. The lowest BCUT2D eigenvalue weighted by Crippen LogP contribution is -2.50.